The molecule has 0 spiro atoms. The van der Waals surface area contributed by atoms with Crippen molar-refractivity contribution >= 4 is 23.6 Å². The Bertz CT molecular complexity index is 787. The van der Waals surface area contributed by atoms with Gasteiger partial charge in [-0.15, -0.1) is 0 Å². The van der Waals surface area contributed by atoms with Crippen LogP contribution < -0.4 is 10.6 Å². The summed E-state index contributed by atoms with van der Waals surface area (Å²) in [7, 11) is 0. The van der Waals surface area contributed by atoms with Gasteiger partial charge in [0.05, 0.1) is 0 Å². The molecule has 1 aromatic carbocycles. The second kappa shape index (κ2) is 6.90. The Balaban J connectivity index is 1.77. The first kappa shape index (κ1) is 18.1. The van der Waals surface area contributed by atoms with E-state index in [2.05, 4.69) is 10.6 Å². The molecule has 0 saturated carbocycles. The Morgan fingerprint density at radius 1 is 1.23 bits per heavy atom. The number of carbonyl (C=O) groups is 4. The van der Waals surface area contributed by atoms with Gasteiger partial charge in [0.1, 0.15) is 6.04 Å². The van der Waals surface area contributed by atoms with Crippen LogP contribution in [0, 0.1) is 5.92 Å². The van der Waals surface area contributed by atoms with Crippen LogP contribution in [0.15, 0.2) is 18.2 Å². The minimum Gasteiger partial charge on any atom is -0.349 e. The summed E-state index contributed by atoms with van der Waals surface area (Å²) in [5.74, 6) is -0.851. The highest BCUT2D eigenvalue weighted by atomic mass is 16.2. The van der Waals surface area contributed by atoms with Crippen LogP contribution in [-0.4, -0.2) is 40.6 Å². The first-order valence-corrected chi connectivity index (χ1v) is 8.86. The standard InChI is InChI=1S/C19H23N3O4/c1-10(2)11(3)20-17(24)12-4-5-14-13(8-12)9-22(19(14)26)15-6-7-16(23)21-18(15)25/h4-5,8,10-11,15H,6-7,9H2,1-3H3,(H,20,24)(H,21,23,25). The van der Waals surface area contributed by atoms with Gasteiger partial charge < -0.3 is 10.2 Å². The fraction of sp³-hybridized carbons (Fsp3) is 0.474. The number of carbonyl (C=O) groups excluding carboxylic acids is 4. The lowest BCUT2D eigenvalue weighted by Gasteiger charge is -2.29. The van der Waals surface area contributed by atoms with Crippen molar-refractivity contribution in [2.45, 2.75) is 52.2 Å². The van der Waals surface area contributed by atoms with Crippen molar-refractivity contribution in [2.24, 2.45) is 5.92 Å². The molecule has 2 aliphatic rings. The van der Waals surface area contributed by atoms with Gasteiger partial charge in [-0.3, -0.25) is 24.5 Å². The normalized spacial score (nSPS) is 20.8. The summed E-state index contributed by atoms with van der Waals surface area (Å²) in [5, 5.41) is 5.22. The van der Waals surface area contributed by atoms with E-state index in [0.717, 1.165) is 5.56 Å². The predicted molar refractivity (Wildman–Crippen MR) is 94.3 cm³/mol. The fourth-order valence-corrected chi connectivity index (χ4v) is 3.17. The zero-order valence-electron chi connectivity index (χ0n) is 15.2. The SMILES string of the molecule is CC(C)C(C)NC(=O)c1ccc2c(c1)CN(C1CCC(=O)NC1=O)C2=O. The fourth-order valence-electron chi connectivity index (χ4n) is 3.17. The Hall–Kier alpha value is -2.70. The van der Waals surface area contributed by atoms with Crippen LogP contribution in [-0.2, 0) is 16.1 Å². The van der Waals surface area contributed by atoms with Gasteiger partial charge in [-0.1, -0.05) is 13.8 Å². The second-order valence-corrected chi connectivity index (χ2v) is 7.28. The highest BCUT2D eigenvalue weighted by Crippen LogP contribution is 2.28. The molecule has 3 rings (SSSR count). The second-order valence-electron chi connectivity index (χ2n) is 7.28. The number of nitrogens with zero attached hydrogens (tertiary/aromatic N) is 1. The zero-order chi connectivity index (χ0) is 19.0. The summed E-state index contributed by atoms with van der Waals surface area (Å²) in [6, 6.07) is 4.37. The summed E-state index contributed by atoms with van der Waals surface area (Å²) in [6.07, 6.45) is 0.543. The van der Waals surface area contributed by atoms with E-state index in [1.165, 1.54) is 4.90 Å². The van der Waals surface area contributed by atoms with E-state index in [-0.39, 0.29) is 36.7 Å². The van der Waals surface area contributed by atoms with Crippen LogP contribution in [0.3, 0.4) is 0 Å². The molecule has 2 heterocycles. The maximum atomic E-state index is 12.6. The zero-order valence-corrected chi connectivity index (χ0v) is 15.2. The third-order valence-corrected chi connectivity index (χ3v) is 5.14. The quantitative estimate of drug-likeness (QED) is 0.792. The number of benzene rings is 1. The molecule has 4 amide bonds. The van der Waals surface area contributed by atoms with Gasteiger partial charge >= 0.3 is 0 Å². The Morgan fingerprint density at radius 2 is 1.96 bits per heavy atom. The van der Waals surface area contributed by atoms with E-state index in [0.29, 0.717) is 23.5 Å². The molecule has 7 nitrogen and oxygen atoms in total. The smallest absolute Gasteiger partial charge is 0.255 e. The van der Waals surface area contributed by atoms with Crippen LogP contribution >= 0.6 is 0 Å². The van der Waals surface area contributed by atoms with E-state index < -0.39 is 11.9 Å². The van der Waals surface area contributed by atoms with E-state index in [1.807, 2.05) is 20.8 Å². The molecule has 7 heteroatoms. The summed E-state index contributed by atoms with van der Waals surface area (Å²) >= 11 is 0. The first-order valence-electron chi connectivity index (χ1n) is 8.86. The van der Waals surface area contributed by atoms with Crippen molar-refractivity contribution in [3.8, 4) is 0 Å². The lowest BCUT2D eigenvalue weighted by molar-refractivity contribution is -0.136. The minimum atomic E-state index is -0.647. The monoisotopic (exact) mass is 357 g/mol. The maximum Gasteiger partial charge on any atom is 0.255 e. The lowest BCUT2D eigenvalue weighted by Crippen LogP contribution is -2.52. The minimum absolute atomic E-state index is 0.0392. The molecular weight excluding hydrogens is 334 g/mol. The third kappa shape index (κ3) is 3.34. The topological polar surface area (TPSA) is 95.6 Å². The molecule has 2 aliphatic heterocycles. The van der Waals surface area contributed by atoms with Crippen molar-refractivity contribution < 1.29 is 19.2 Å². The number of hydrogen-bond acceptors (Lipinski definition) is 4. The molecule has 1 fully saturated rings. The molecule has 0 radical (unpaired) electrons. The number of imide groups is 1. The molecule has 1 saturated heterocycles. The molecule has 0 aromatic heterocycles. The molecular formula is C19H23N3O4. The van der Waals surface area contributed by atoms with E-state index in [1.54, 1.807) is 18.2 Å². The summed E-state index contributed by atoms with van der Waals surface area (Å²) < 4.78 is 0. The van der Waals surface area contributed by atoms with E-state index in [9.17, 15) is 19.2 Å². The maximum absolute atomic E-state index is 12.6. The predicted octanol–water partition coefficient (Wildman–Crippen LogP) is 1.22. The van der Waals surface area contributed by atoms with Crippen molar-refractivity contribution in [1.82, 2.24) is 15.5 Å². The Kier molecular flexibility index (Phi) is 4.80. The Labute approximate surface area is 152 Å². The average Bonchev–Trinajstić information content (AvgIpc) is 2.90. The van der Waals surface area contributed by atoms with Crippen LogP contribution in [0.1, 0.15) is 59.9 Å². The van der Waals surface area contributed by atoms with Gasteiger partial charge in [-0.2, -0.15) is 0 Å². The highest BCUT2D eigenvalue weighted by Gasteiger charge is 2.39. The molecule has 138 valence electrons. The van der Waals surface area contributed by atoms with Gasteiger partial charge in [0, 0.05) is 30.1 Å². The van der Waals surface area contributed by atoms with Gasteiger partial charge in [-0.05, 0) is 43.0 Å². The van der Waals surface area contributed by atoms with Crippen molar-refractivity contribution in [1.29, 1.82) is 0 Å². The van der Waals surface area contributed by atoms with Crippen molar-refractivity contribution in [3.05, 3.63) is 34.9 Å². The van der Waals surface area contributed by atoms with Crippen molar-refractivity contribution in [3.63, 3.8) is 0 Å². The summed E-state index contributed by atoms with van der Waals surface area (Å²) in [5.41, 5.74) is 1.72. The lowest BCUT2D eigenvalue weighted by atomic mass is 10.0. The molecule has 0 bridgehead atoms. The Morgan fingerprint density at radius 3 is 2.62 bits per heavy atom. The third-order valence-electron chi connectivity index (χ3n) is 5.14. The molecule has 0 aliphatic carbocycles. The highest BCUT2D eigenvalue weighted by molar-refractivity contribution is 6.06. The number of hydrogen-bond donors (Lipinski definition) is 2. The number of piperidine rings is 1. The molecule has 26 heavy (non-hydrogen) atoms. The van der Waals surface area contributed by atoms with Crippen molar-refractivity contribution in [2.75, 3.05) is 0 Å². The molecule has 2 N–H and O–H groups in total. The van der Waals surface area contributed by atoms with Crippen LogP contribution in [0.5, 0.6) is 0 Å². The summed E-state index contributed by atoms with van der Waals surface area (Å²) in [4.78, 5) is 49.9. The van der Waals surface area contributed by atoms with Gasteiger partial charge in [0.2, 0.25) is 11.8 Å². The van der Waals surface area contributed by atoms with E-state index in [4.69, 9.17) is 0 Å². The van der Waals surface area contributed by atoms with Gasteiger partial charge in [0.15, 0.2) is 0 Å². The molecule has 2 unspecified atom stereocenters. The number of nitrogens with one attached hydrogen (secondary N) is 2. The van der Waals surface area contributed by atoms with Crippen LogP contribution in [0.2, 0.25) is 0 Å². The number of rotatable bonds is 4. The number of amides is 4. The molecule has 1 aromatic rings. The number of fused-ring (bicyclic) bond motifs is 1. The van der Waals surface area contributed by atoms with Crippen LogP contribution in [0.25, 0.3) is 0 Å². The largest absolute Gasteiger partial charge is 0.349 e. The molecule has 2 atom stereocenters. The summed E-state index contributed by atoms with van der Waals surface area (Å²) in [6.45, 7) is 6.28. The van der Waals surface area contributed by atoms with Gasteiger partial charge in [-0.25, -0.2) is 0 Å². The van der Waals surface area contributed by atoms with E-state index >= 15 is 0 Å². The average molecular weight is 357 g/mol. The van der Waals surface area contributed by atoms with Gasteiger partial charge in [0.25, 0.3) is 11.8 Å². The first-order chi connectivity index (χ1) is 12.3. The van der Waals surface area contributed by atoms with Crippen LogP contribution in [0.4, 0.5) is 0 Å².